The lowest BCUT2D eigenvalue weighted by molar-refractivity contribution is -0.137. The molecule has 0 aromatic heterocycles. The van der Waals surface area contributed by atoms with Gasteiger partial charge in [0.2, 0.25) is 5.92 Å². The fraction of sp³-hybridized carbons (Fsp3) is 0.571. The molecule has 1 aliphatic carbocycles. The van der Waals surface area contributed by atoms with E-state index in [1.54, 1.807) is 0 Å². The summed E-state index contributed by atoms with van der Waals surface area (Å²) in [5, 5.41) is 0. The van der Waals surface area contributed by atoms with Gasteiger partial charge in [0.1, 0.15) is 0 Å². The fourth-order valence-electron chi connectivity index (χ4n) is 2.78. The van der Waals surface area contributed by atoms with Crippen LogP contribution in [0.3, 0.4) is 0 Å². The molecule has 0 amide bonds. The predicted molar refractivity (Wildman–Crippen MR) is 68.4 cm³/mol. The van der Waals surface area contributed by atoms with E-state index in [1.807, 2.05) is 0 Å². The molecule has 1 aliphatic rings. The highest BCUT2D eigenvalue weighted by Crippen LogP contribution is 2.41. The van der Waals surface area contributed by atoms with E-state index in [4.69, 9.17) is 5.84 Å². The molecular weight excluding hydrogens is 291 g/mol. The third-order valence-corrected chi connectivity index (χ3v) is 4.01. The van der Waals surface area contributed by atoms with Crippen LogP contribution in [0.4, 0.5) is 22.0 Å². The van der Waals surface area contributed by atoms with Gasteiger partial charge in [-0.2, -0.15) is 13.2 Å². The van der Waals surface area contributed by atoms with Crippen molar-refractivity contribution in [1.29, 1.82) is 0 Å². The molecule has 2 rings (SSSR count). The zero-order valence-corrected chi connectivity index (χ0v) is 11.3. The van der Waals surface area contributed by atoms with Gasteiger partial charge in [-0.1, -0.05) is 12.1 Å². The Balaban J connectivity index is 2.11. The number of hydrogen-bond donors (Lipinski definition) is 2. The Labute approximate surface area is 119 Å². The summed E-state index contributed by atoms with van der Waals surface area (Å²) in [6.45, 7) is 0. The monoisotopic (exact) mass is 308 g/mol. The standard InChI is InChI=1S/C14H17F5N2/c15-13(16)7-5-10(6-8-13)12(21-20)9-1-3-11(4-2-9)14(17,18)19/h1-4,10,12,21H,5-8,20H2. The maximum Gasteiger partial charge on any atom is 0.416 e. The van der Waals surface area contributed by atoms with Crippen LogP contribution >= 0.6 is 0 Å². The third-order valence-electron chi connectivity index (χ3n) is 4.01. The van der Waals surface area contributed by atoms with Crippen LogP contribution in [0.5, 0.6) is 0 Å². The minimum absolute atomic E-state index is 0.105. The van der Waals surface area contributed by atoms with E-state index in [0.717, 1.165) is 12.1 Å². The van der Waals surface area contributed by atoms with Gasteiger partial charge in [0, 0.05) is 18.9 Å². The van der Waals surface area contributed by atoms with Crippen molar-refractivity contribution in [3.8, 4) is 0 Å². The molecule has 3 N–H and O–H groups in total. The second-order valence-electron chi connectivity index (χ2n) is 5.46. The lowest BCUT2D eigenvalue weighted by atomic mass is 9.80. The van der Waals surface area contributed by atoms with Crippen LogP contribution in [0.2, 0.25) is 0 Å². The highest BCUT2D eigenvalue weighted by Gasteiger charge is 2.38. The van der Waals surface area contributed by atoms with Crippen LogP contribution in [0.25, 0.3) is 0 Å². The van der Waals surface area contributed by atoms with E-state index >= 15 is 0 Å². The Kier molecular flexibility index (Phi) is 4.53. The minimum Gasteiger partial charge on any atom is -0.271 e. The maximum atomic E-state index is 13.2. The SMILES string of the molecule is NNC(c1ccc(C(F)(F)F)cc1)C1CCC(F)(F)CC1. The molecule has 1 saturated carbocycles. The molecule has 0 heterocycles. The Morgan fingerprint density at radius 2 is 1.62 bits per heavy atom. The summed E-state index contributed by atoms with van der Waals surface area (Å²) in [5.41, 5.74) is 2.39. The van der Waals surface area contributed by atoms with Crippen molar-refractivity contribution in [3.63, 3.8) is 0 Å². The quantitative estimate of drug-likeness (QED) is 0.502. The molecule has 0 spiro atoms. The number of halogens is 5. The first-order valence-corrected chi connectivity index (χ1v) is 6.74. The number of benzene rings is 1. The molecule has 0 saturated heterocycles. The number of nitrogens with two attached hydrogens (primary N) is 1. The Bertz CT molecular complexity index is 459. The van der Waals surface area contributed by atoms with Crippen LogP contribution < -0.4 is 11.3 Å². The first-order valence-electron chi connectivity index (χ1n) is 6.74. The summed E-state index contributed by atoms with van der Waals surface area (Å²) in [6, 6.07) is 4.25. The van der Waals surface area contributed by atoms with E-state index in [9.17, 15) is 22.0 Å². The molecular formula is C14H17F5N2. The second kappa shape index (κ2) is 5.88. The molecule has 1 atom stereocenters. The number of hydrazine groups is 1. The highest BCUT2D eigenvalue weighted by atomic mass is 19.4. The molecule has 0 radical (unpaired) electrons. The topological polar surface area (TPSA) is 38.0 Å². The average Bonchev–Trinajstić information content (AvgIpc) is 2.41. The van der Waals surface area contributed by atoms with Crippen molar-refractivity contribution < 1.29 is 22.0 Å². The Morgan fingerprint density at radius 1 is 1.10 bits per heavy atom. The molecule has 0 aliphatic heterocycles. The normalized spacial score (nSPS) is 21.2. The van der Waals surface area contributed by atoms with Crippen molar-refractivity contribution in [3.05, 3.63) is 35.4 Å². The van der Waals surface area contributed by atoms with Crippen molar-refractivity contribution in [2.75, 3.05) is 0 Å². The van der Waals surface area contributed by atoms with Crippen LogP contribution in [0.1, 0.15) is 42.9 Å². The van der Waals surface area contributed by atoms with Crippen molar-refractivity contribution in [2.24, 2.45) is 11.8 Å². The molecule has 118 valence electrons. The van der Waals surface area contributed by atoms with E-state index in [2.05, 4.69) is 5.43 Å². The fourth-order valence-corrected chi connectivity index (χ4v) is 2.78. The van der Waals surface area contributed by atoms with Gasteiger partial charge in [0.25, 0.3) is 0 Å². The summed E-state index contributed by atoms with van der Waals surface area (Å²) < 4.78 is 63.9. The van der Waals surface area contributed by atoms with Crippen molar-refractivity contribution in [1.82, 2.24) is 5.43 Å². The van der Waals surface area contributed by atoms with E-state index in [1.165, 1.54) is 12.1 Å². The summed E-state index contributed by atoms with van der Waals surface area (Å²) >= 11 is 0. The molecule has 1 aromatic carbocycles. The number of alkyl halides is 5. The van der Waals surface area contributed by atoms with E-state index < -0.39 is 23.7 Å². The summed E-state index contributed by atoms with van der Waals surface area (Å²) in [5.74, 6) is 2.72. The maximum absolute atomic E-state index is 13.2. The van der Waals surface area contributed by atoms with Gasteiger partial charge in [0.05, 0.1) is 5.56 Å². The molecule has 7 heteroatoms. The van der Waals surface area contributed by atoms with E-state index in [-0.39, 0.29) is 18.8 Å². The van der Waals surface area contributed by atoms with Crippen LogP contribution in [-0.4, -0.2) is 5.92 Å². The second-order valence-corrected chi connectivity index (χ2v) is 5.46. The van der Waals surface area contributed by atoms with Crippen LogP contribution in [0.15, 0.2) is 24.3 Å². The van der Waals surface area contributed by atoms with Crippen molar-refractivity contribution >= 4 is 0 Å². The number of hydrogen-bond acceptors (Lipinski definition) is 2. The molecule has 0 bridgehead atoms. The van der Waals surface area contributed by atoms with Gasteiger partial charge in [-0.3, -0.25) is 11.3 Å². The largest absolute Gasteiger partial charge is 0.416 e. The first-order chi connectivity index (χ1) is 9.73. The van der Waals surface area contributed by atoms with Gasteiger partial charge in [-0.15, -0.1) is 0 Å². The molecule has 1 aromatic rings. The van der Waals surface area contributed by atoms with Gasteiger partial charge >= 0.3 is 6.18 Å². The van der Waals surface area contributed by atoms with Gasteiger partial charge < -0.3 is 0 Å². The zero-order chi connectivity index (χ0) is 15.7. The lowest BCUT2D eigenvalue weighted by Crippen LogP contribution is -2.37. The number of nitrogens with one attached hydrogen (secondary N) is 1. The summed E-state index contributed by atoms with van der Waals surface area (Å²) in [6.07, 6.45) is -4.23. The van der Waals surface area contributed by atoms with Gasteiger partial charge in [0.15, 0.2) is 0 Å². The van der Waals surface area contributed by atoms with E-state index in [0.29, 0.717) is 18.4 Å². The molecule has 2 nitrogen and oxygen atoms in total. The van der Waals surface area contributed by atoms with Crippen molar-refractivity contribution in [2.45, 2.75) is 43.8 Å². The Hall–Kier alpha value is -1.21. The Morgan fingerprint density at radius 3 is 2.05 bits per heavy atom. The van der Waals surface area contributed by atoms with Gasteiger partial charge in [-0.05, 0) is 36.5 Å². The third kappa shape index (κ3) is 3.91. The first kappa shape index (κ1) is 16.2. The summed E-state index contributed by atoms with van der Waals surface area (Å²) in [7, 11) is 0. The minimum atomic E-state index is -4.39. The zero-order valence-electron chi connectivity index (χ0n) is 11.3. The lowest BCUT2D eigenvalue weighted by Gasteiger charge is -2.33. The summed E-state index contributed by atoms with van der Waals surface area (Å²) in [4.78, 5) is 0. The van der Waals surface area contributed by atoms with Crippen LogP contribution in [0, 0.1) is 5.92 Å². The molecule has 21 heavy (non-hydrogen) atoms. The predicted octanol–water partition coefficient (Wildman–Crippen LogP) is 4.04. The smallest absolute Gasteiger partial charge is 0.271 e. The molecule has 1 unspecified atom stereocenters. The van der Waals surface area contributed by atoms with Crippen LogP contribution in [-0.2, 0) is 6.18 Å². The average molecular weight is 308 g/mol. The van der Waals surface area contributed by atoms with Gasteiger partial charge in [-0.25, -0.2) is 8.78 Å². The highest BCUT2D eigenvalue weighted by molar-refractivity contribution is 5.27. The molecule has 1 fully saturated rings. The number of rotatable bonds is 3.